The second-order valence-electron chi connectivity index (χ2n) is 4.64. The van der Waals surface area contributed by atoms with Gasteiger partial charge < -0.3 is 10.4 Å². The first-order valence-corrected chi connectivity index (χ1v) is 6.50. The van der Waals surface area contributed by atoms with E-state index in [1.54, 1.807) is 6.07 Å². The minimum absolute atomic E-state index is 0.156. The molecule has 0 heterocycles. The summed E-state index contributed by atoms with van der Waals surface area (Å²) in [5.41, 5.74) is -0.106. The third-order valence-electron chi connectivity index (χ3n) is 3.10. The molecular weight excluding hydrogens is 292 g/mol. The van der Waals surface area contributed by atoms with E-state index in [1.165, 1.54) is 36.4 Å². The number of aliphatic carboxylic acids is 1. The third kappa shape index (κ3) is 3.66. The molecule has 0 radical (unpaired) electrons. The number of carboxylic acids is 1. The molecule has 0 aliphatic carbocycles. The molecule has 2 aromatic carbocycles. The summed E-state index contributed by atoms with van der Waals surface area (Å²) in [6.07, 6.45) is -0.234. The van der Waals surface area contributed by atoms with Gasteiger partial charge in [0.15, 0.2) is 0 Å². The largest absolute Gasteiger partial charge is 0.480 e. The fraction of sp³-hybridized carbons (Fsp3) is 0.125. The fourth-order valence-corrected chi connectivity index (χ4v) is 1.97. The highest BCUT2D eigenvalue weighted by molar-refractivity contribution is 5.96. The summed E-state index contributed by atoms with van der Waals surface area (Å²) < 4.78 is 27.1. The van der Waals surface area contributed by atoms with Crippen molar-refractivity contribution >= 4 is 11.9 Å². The van der Waals surface area contributed by atoms with Crippen LogP contribution >= 0.6 is 0 Å². The van der Waals surface area contributed by atoms with Gasteiger partial charge in [0.2, 0.25) is 0 Å². The smallest absolute Gasteiger partial charge is 0.326 e. The van der Waals surface area contributed by atoms with E-state index in [0.717, 1.165) is 6.07 Å². The summed E-state index contributed by atoms with van der Waals surface area (Å²) in [7, 11) is 0. The molecule has 0 aliphatic heterocycles. The molecule has 1 amide bonds. The maximum absolute atomic E-state index is 13.6. The number of rotatable bonds is 5. The number of amides is 1. The van der Waals surface area contributed by atoms with Crippen LogP contribution in [-0.4, -0.2) is 23.0 Å². The van der Waals surface area contributed by atoms with Crippen LogP contribution in [0.2, 0.25) is 0 Å². The van der Waals surface area contributed by atoms with Crippen molar-refractivity contribution in [3.63, 3.8) is 0 Å². The molecule has 4 nitrogen and oxygen atoms in total. The van der Waals surface area contributed by atoms with Crippen LogP contribution in [0.4, 0.5) is 8.78 Å². The quantitative estimate of drug-likeness (QED) is 0.891. The van der Waals surface area contributed by atoms with Crippen LogP contribution in [0.25, 0.3) is 0 Å². The Morgan fingerprint density at radius 2 is 1.59 bits per heavy atom. The molecule has 0 saturated heterocycles. The van der Waals surface area contributed by atoms with Gasteiger partial charge in [-0.15, -0.1) is 0 Å². The Hall–Kier alpha value is -2.76. The molecule has 6 heteroatoms. The minimum Gasteiger partial charge on any atom is -0.480 e. The highest BCUT2D eigenvalue weighted by Gasteiger charge is 2.23. The van der Waals surface area contributed by atoms with Crippen molar-refractivity contribution in [3.05, 3.63) is 71.3 Å². The second-order valence-corrected chi connectivity index (χ2v) is 4.64. The van der Waals surface area contributed by atoms with Crippen molar-refractivity contribution in [2.24, 2.45) is 0 Å². The Morgan fingerprint density at radius 3 is 2.18 bits per heavy atom. The Balaban J connectivity index is 2.16. The van der Waals surface area contributed by atoms with Crippen molar-refractivity contribution in [3.8, 4) is 0 Å². The molecule has 0 unspecified atom stereocenters. The number of hydrogen-bond donors (Lipinski definition) is 2. The number of carboxylic acid groups (broad SMARTS) is 1. The standard InChI is InChI=1S/C16H13F2NO3/c17-12-7-3-1-5-10(12)9-14(16(21)22)19-15(20)11-6-2-4-8-13(11)18/h1-8,14H,9H2,(H,19,20)(H,21,22)/t14-/m0/s1. The van der Waals surface area contributed by atoms with E-state index < -0.39 is 29.6 Å². The zero-order valence-electron chi connectivity index (χ0n) is 11.4. The number of carbonyl (C=O) groups excluding carboxylic acids is 1. The molecule has 0 fully saturated rings. The van der Waals surface area contributed by atoms with Gasteiger partial charge >= 0.3 is 5.97 Å². The lowest BCUT2D eigenvalue weighted by Gasteiger charge is -2.15. The lowest BCUT2D eigenvalue weighted by Crippen LogP contribution is -2.42. The summed E-state index contributed by atoms with van der Waals surface area (Å²) in [5.74, 6) is -3.50. The van der Waals surface area contributed by atoms with Crippen LogP contribution in [0.15, 0.2) is 48.5 Å². The number of halogens is 2. The minimum atomic E-state index is -1.36. The number of carbonyl (C=O) groups is 2. The van der Waals surface area contributed by atoms with Crippen LogP contribution in [0.1, 0.15) is 15.9 Å². The summed E-state index contributed by atoms with van der Waals surface area (Å²) in [6.45, 7) is 0. The van der Waals surface area contributed by atoms with Crippen molar-refractivity contribution in [2.45, 2.75) is 12.5 Å². The van der Waals surface area contributed by atoms with Crippen LogP contribution < -0.4 is 5.32 Å². The summed E-state index contributed by atoms with van der Waals surface area (Å²) in [5, 5.41) is 11.4. The Bertz CT molecular complexity index is 703. The van der Waals surface area contributed by atoms with Gasteiger partial charge in [-0.05, 0) is 23.8 Å². The highest BCUT2D eigenvalue weighted by atomic mass is 19.1. The van der Waals surface area contributed by atoms with E-state index >= 15 is 0 Å². The van der Waals surface area contributed by atoms with Crippen molar-refractivity contribution in [2.75, 3.05) is 0 Å². The van der Waals surface area contributed by atoms with Crippen LogP contribution in [-0.2, 0) is 11.2 Å². The molecule has 0 spiro atoms. The van der Waals surface area contributed by atoms with Gasteiger partial charge in [-0.25, -0.2) is 13.6 Å². The normalized spacial score (nSPS) is 11.7. The average Bonchev–Trinajstić information content (AvgIpc) is 2.49. The molecule has 2 rings (SSSR count). The molecule has 0 bridgehead atoms. The van der Waals surface area contributed by atoms with Gasteiger partial charge in [0.25, 0.3) is 5.91 Å². The Labute approximate surface area is 125 Å². The highest BCUT2D eigenvalue weighted by Crippen LogP contribution is 2.11. The van der Waals surface area contributed by atoms with E-state index in [-0.39, 0.29) is 17.5 Å². The van der Waals surface area contributed by atoms with E-state index in [2.05, 4.69) is 5.32 Å². The number of hydrogen-bond acceptors (Lipinski definition) is 2. The van der Waals surface area contributed by atoms with Gasteiger partial charge in [0.05, 0.1) is 5.56 Å². The first-order valence-electron chi connectivity index (χ1n) is 6.50. The molecule has 0 aliphatic rings. The molecule has 1 atom stereocenters. The monoisotopic (exact) mass is 305 g/mol. The van der Waals surface area contributed by atoms with Gasteiger partial charge in [0, 0.05) is 6.42 Å². The van der Waals surface area contributed by atoms with E-state index in [4.69, 9.17) is 5.11 Å². The molecule has 2 aromatic rings. The lowest BCUT2D eigenvalue weighted by atomic mass is 10.0. The molecule has 2 N–H and O–H groups in total. The van der Waals surface area contributed by atoms with Crippen LogP contribution in [0.3, 0.4) is 0 Å². The van der Waals surface area contributed by atoms with Gasteiger partial charge in [-0.2, -0.15) is 0 Å². The van der Waals surface area contributed by atoms with Gasteiger partial charge in [-0.1, -0.05) is 30.3 Å². The second kappa shape index (κ2) is 6.80. The predicted molar refractivity (Wildman–Crippen MR) is 75.4 cm³/mol. The summed E-state index contributed by atoms with van der Waals surface area (Å²) in [6, 6.07) is 9.54. The maximum Gasteiger partial charge on any atom is 0.326 e. The van der Waals surface area contributed by atoms with Crippen LogP contribution in [0, 0.1) is 11.6 Å². The molecule has 0 aromatic heterocycles. The fourth-order valence-electron chi connectivity index (χ4n) is 1.97. The van der Waals surface area contributed by atoms with Crippen molar-refractivity contribution in [1.82, 2.24) is 5.32 Å². The zero-order valence-corrected chi connectivity index (χ0v) is 11.4. The van der Waals surface area contributed by atoms with Gasteiger partial charge in [0.1, 0.15) is 17.7 Å². The summed E-state index contributed by atoms with van der Waals surface area (Å²) in [4.78, 5) is 23.2. The van der Waals surface area contributed by atoms with Crippen LogP contribution in [0.5, 0.6) is 0 Å². The van der Waals surface area contributed by atoms with E-state index in [1.807, 2.05) is 0 Å². The zero-order chi connectivity index (χ0) is 16.1. The van der Waals surface area contributed by atoms with E-state index in [9.17, 15) is 18.4 Å². The lowest BCUT2D eigenvalue weighted by molar-refractivity contribution is -0.139. The number of nitrogens with one attached hydrogen (secondary N) is 1. The molecule has 22 heavy (non-hydrogen) atoms. The molecule has 114 valence electrons. The summed E-state index contributed by atoms with van der Waals surface area (Å²) >= 11 is 0. The SMILES string of the molecule is O=C(N[C@@H](Cc1ccccc1F)C(=O)O)c1ccccc1F. The first kappa shape index (κ1) is 15.6. The molecular formula is C16H13F2NO3. The average molecular weight is 305 g/mol. The molecule has 0 saturated carbocycles. The predicted octanol–water partition coefficient (Wildman–Crippen LogP) is 2.39. The van der Waals surface area contributed by atoms with E-state index in [0.29, 0.717) is 0 Å². The first-order chi connectivity index (χ1) is 10.5. The van der Waals surface area contributed by atoms with Gasteiger partial charge in [-0.3, -0.25) is 4.79 Å². The van der Waals surface area contributed by atoms with Crippen molar-refractivity contribution in [1.29, 1.82) is 0 Å². The third-order valence-corrected chi connectivity index (χ3v) is 3.10. The maximum atomic E-state index is 13.6. The Morgan fingerprint density at radius 1 is 1.00 bits per heavy atom. The Kier molecular flexibility index (Phi) is 4.83. The topological polar surface area (TPSA) is 66.4 Å². The van der Waals surface area contributed by atoms with Crippen molar-refractivity contribution < 1.29 is 23.5 Å². The number of benzene rings is 2.